The first-order valence-corrected chi connectivity index (χ1v) is 10.1. The van der Waals surface area contributed by atoms with Crippen LogP contribution < -0.4 is 14.8 Å². The minimum Gasteiger partial charge on any atom is -0.497 e. The number of aryl methyl sites for hydroxylation is 1. The first kappa shape index (κ1) is 20.3. The van der Waals surface area contributed by atoms with Gasteiger partial charge in [0, 0.05) is 16.9 Å². The van der Waals surface area contributed by atoms with Crippen molar-refractivity contribution in [3.05, 3.63) is 83.7 Å². The van der Waals surface area contributed by atoms with E-state index in [9.17, 15) is 17.6 Å². The first-order valence-electron chi connectivity index (χ1n) is 8.63. The summed E-state index contributed by atoms with van der Waals surface area (Å²) in [4.78, 5) is 12.5. The summed E-state index contributed by atoms with van der Waals surface area (Å²) in [5, 5.41) is 2.57. The molecule has 0 bridgehead atoms. The zero-order valence-electron chi connectivity index (χ0n) is 15.8. The van der Waals surface area contributed by atoms with E-state index in [0.29, 0.717) is 17.0 Å². The number of benzene rings is 3. The molecule has 0 spiro atoms. The van der Waals surface area contributed by atoms with Crippen LogP contribution in [0.1, 0.15) is 15.9 Å². The Hall–Kier alpha value is -3.39. The van der Waals surface area contributed by atoms with Gasteiger partial charge in [0.1, 0.15) is 11.6 Å². The SMILES string of the molecule is COc1ccc(NS(=O)(=O)c2ccc(C)c(C(=O)Nc3cccc(F)c3)c2)cc1. The Morgan fingerprint density at radius 2 is 1.69 bits per heavy atom. The molecule has 0 aliphatic heterocycles. The quantitative estimate of drug-likeness (QED) is 0.633. The molecule has 0 radical (unpaired) electrons. The van der Waals surface area contributed by atoms with Gasteiger partial charge in [-0.05, 0) is 67.1 Å². The first-order chi connectivity index (χ1) is 13.8. The van der Waals surface area contributed by atoms with E-state index in [4.69, 9.17) is 4.74 Å². The lowest BCUT2D eigenvalue weighted by molar-refractivity contribution is 0.102. The second kappa shape index (κ2) is 8.32. The van der Waals surface area contributed by atoms with Crippen molar-refractivity contribution < 1.29 is 22.3 Å². The van der Waals surface area contributed by atoms with Gasteiger partial charge in [-0.3, -0.25) is 9.52 Å². The van der Waals surface area contributed by atoms with Gasteiger partial charge < -0.3 is 10.1 Å². The van der Waals surface area contributed by atoms with Gasteiger partial charge in [-0.2, -0.15) is 0 Å². The Kier molecular flexibility index (Phi) is 5.84. The second-order valence-electron chi connectivity index (χ2n) is 6.28. The third kappa shape index (κ3) is 4.91. The molecule has 0 heterocycles. The third-order valence-corrected chi connectivity index (χ3v) is 5.57. The molecule has 3 aromatic rings. The lowest BCUT2D eigenvalue weighted by Crippen LogP contribution is -2.17. The molecule has 6 nitrogen and oxygen atoms in total. The van der Waals surface area contributed by atoms with E-state index < -0.39 is 21.7 Å². The highest BCUT2D eigenvalue weighted by Crippen LogP contribution is 2.22. The molecular weight excluding hydrogens is 395 g/mol. The number of amides is 1. The minimum atomic E-state index is -3.92. The van der Waals surface area contributed by atoms with Crippen LogP contribution in [0.4, 0.5) is 15.8 Å². The zero-order chi connectivity index (χ0) is 21.0. The van der Waals surface area contributed by atoms with Crippen LogP contribution in [0.5, 0.6) is 5.75 Å². The van der Waals surface area contributed by atoms with Gasteiger partial charge in [-0.1, -0.05) is 12.1 Å². The molecule has 2 N–H and O–H groups in total. The van der Waals surface area contributed by atoms with Crippen molar-refractivity contribution in [3.63, 3.8) is 0 Å². The molecule has 0 atom stereocenters. The number of halogens is 1. The van der Waals surface area contributed by atoms with Crippen molar-refractivity contribution in [3.8, 4) is 5.75 Å². The monoisotopic (exact) mass is 414 g/mol. The fraction of sp³-hybridized carbons (Fsp3) is 0.0952. The van der Waals surface area contributed by atoms with Gasteiger partial charge in [0.05, 0.1) is 12.0 Å². The van der Waals surface area contributed by atoms with E-state index in [2.05, 4.69) is 10.0 Å². The predicted molar refractivity (Wildman–Crippen MR) is 109 cm³/mol. The fourth-order valence-electron chi connectivity index (χ4n) is 2.65. The van der Waals surface area contributed by atoms with Crippen LogP contribution in [0.15, 0.2) is 71.6 Å². The van der Waals surface area contributed by atoms with Crippen LogP contribution in [0.25, 0.3) is 0 Å². The summed E-state index contributed by atoms with van der Waals surface area (Å²) in [6.45, 7) is 1.69. The largest absolute Gasteiger partial charge is 0.497 e. The Labute approximate surface area is 168 Å². The lowest BCUT2D eigenvalue weighted by Gasteiger charge is -2.12. The summed E-state index contributed by atoms with van der Waals surface area (Å²) in [6, 6.07) is 16.1. The maximum Gasteiger partial charge on any atom is 0.261 e. The number of nitrogens with one attached hydrogen (secondary N) is 2. The molecule has 150 valence electrons. The third-order valence-electron chi connectivity index (χ3n) is 4.19. The van der Waals surface area contributed by atoms with E-state index in [1.807, 2.05) is 0 Å². The van der Waals surface area contributed by atoms with Gasteiger partial charge in [0.15, 0.2) is 0 Å². The number of carbonyl (C=O) groups excluding carboxylic acids is 1. The van der Waals surface area contributed by atoms with Crippen LogP contribution >= 0.6 is 0 Å². The molecule has 0 aliphatic carbocycles. The highest BCUT2D eigenvalue weighted by atomic mass is 32.2. The molecule has 0 saturated heterocycles. The average Bonchev–Trinajstić information content (AvgIpc) is 2.68. The average molecular weight is 414 g/mol. The fourth-order valence-corrected chi connectivity index (χ4v) is 3.74. The van der Waals surface area contributed by atoms with E-state index in [1.54, 1.807) is 43.3 Å². The number of rotatable bonds is 6. The van der Waals surface area contributed by atoms with Gasteiger partial charge in [-0.25, -0.2) is 12.8 Å². The van der Waals surface area contributed by atoms with Crippen molar-refractivity contribution in [2.45, 2.75) is 11.8 Å². The van der Waals surface area contributed by atoms with E-state index >= 15 is 0 Å². The molecule has 1 amide bonds. The zero-order valence-corrected chi connectivity index (χ0v) is 16.6. The smallest absolute Gasteiger partial charge is 0.261 e. The molecular formula is C21H19FN2O4S. The van der Waals surface area contributed by atoms with Crippen LogP contribution in [0.3, 0.4) is 0 Å². The Morgan fingerprint density at radius 3 is 2.34 bits per heavy atom. The molecule has 8 heteroatoms. The Bertz CT molecular complexity index is 1150. The molecule has 0 saturated carbocycles. The van der Waals surface area contributed by atoms with Crippen LogP contribution in [-0.2, 0) is 10.0 Å². The Morgan fingerprint density at radius 1 is 0.966 bits per heavy atom. The molecule has 0 unspecified atom stereocenters. The van der Waals surface area contributed by atoms with E-state index in [-0.39, 0.29) is 16.1 Å². The minimum absolute atomic E-state index is 0.0664. The molecule has 3 rings (SSSR count). The second-order valence-corrected chi connectivity index (χ2v) is 7.96. The van der Waals surface area contributed by atoms with Gasteiger partial charge >= 0.3 is 0 Å². The number of hydrogen-bond donors (Lipinski definition) is 2. The molecule has 3 aromatic carbocycles. The maximum atomic E-state index is 13.3. The van der Waals surface area contributed by atoms with Crippen molar-refractivity contribution in [2.75, 3.05) is 17.1 Å². The standard InChI is InChI=1S/C21H19FN2O4S/c1-14-6-11-19(29(26,27)24-16-7-9-18(28-2)10-8-16)13-20(14)21(25)23-17-5-3-4-15(22)12-17/h3-13,24H,1-2H3,(H,23,25). The maximum absolute atomic E-state index is 13.3. The topological polar surface area (TPSA) is 84.5 Å². The number of anilines is 2. The van der Waals surface area contributed by atoms with Gasteiger partial charge in [0.25, 0.3) is 15.9 Å². The summed E-state index contributed by atoms with van der Waals surface area (Å²) in [5.41, 5.74) is 1.39. The molecule has 0 aromatic heterocycles. The van der Waals surface area contributed by atoms with Crippen molar-refractivity contribution in [2.24, 2.45) is 0 Å². The summed E-state index contributed by atoms with van der Waals surface area (Å²) in [5.74, 6) is -0.422. The number of sulfonamides is 1. The highest BCUT2D eigenvalue weighted by molar-refractivity contribution is 7.92. The van der Waals surface area contributed by atoms with Crippen LogP contribution in [0, 0.1) is 12.7 Å². The van der Waals surface area contributed by atoms with Gasteiger partial charge in [-0.15, -0.1) is 0 Å². The van der Waals surface area contributed by atoms with E-state index in [0.717, 1.165) is 0 Å². The molecule has 29 heavy (non-hydrogen) atoms. The number of methoxy groups -OCH3 is 1. The van der Waals surface area contributed by atoms with Crippen molar-refractivity contribution in [1.82, 2.24) is 0 Å². The predicted octanol–water partition coefficient (Wildman–Crippen LogP) is 4.20. The van der Waals surface area contributed by atoms with Gasteiger partial charge in [0.2, 0.25) is 0 Å². The summed E-state index contributed by atoms with van der Waals surface area (Å²) in [6.07, 6.45) is 0. The summed E-state index contributed by atoms with van der Waals surface area (Å²) in [7, 11) is -2.40. The summed E-state index contributed by atoms with van der Waals surface area (Å²) < 4.78 is 46.3. The van der Waals surface area contributed by atoms with Crippen LogP contribution in [-0.4, -0.2) is 21.4 Å². The number of carbonyl (C=O) groups is 1. The van der Waals surface area contributed by atoms with Crippen LogP contribution in [0.2, 0.25) is 0 Å². The Balaban J connectivity index is 1.85. The summed E-state index contributed by atoms with van der Waals surface area (Å²) >= 11 is 0. The lowest BCUT2D eigenvalue weighted by atomic mass is 10.1. The normalized spacial score (nSPS) is 11.0. The molecule has 0 aliphatic rings. The van der Waals surface area contributed by atoms with E-state index in [1.165, 1.54) is 37.4 Å². The molecule has 0 fully saturated rings. The number of ether oxygens (including phenoxy) is 1. The van der Waals surface area contributed by atoms with Crippen molar-refractivity contribution in [1.29, 1.82) is 0 Å². The highest BCUT2D eigenvalue weighted by Gasteiger charge is 2.18. The van der Waals surface area contributed by atoms with Crippen molar-refractivity contribution >= 4 is 27.3 Å². The number of hydrogen-bond acceptors (Lipinski definition) is 4.